The number of aromatic nitrogens is 2. The van der Waals surface area contributed by atoms with Gasteiger partial charge in [0.15, 0.2) is 6.29 Å². The molecular weight excluding hydrogens is 232 g/mol. The van der Waals surface area contributed by atoms with Crippen LogP contribution in [0.15, 0.2) is 0 Å². The van der Waals surface area contributed by atoms with Gasteiger partial charge in [0, 0.05) is 25.9 Å². The smallest absolute Gasteiger partial charge is 0.170 e. The Bertz CT molecular complexity index is 394. The Kier molecular flexibility index (Phi) is 4.65. The molecule has 0 atom stereocenters. The number of aldehydes is 1. The van der Waals surface area contributed by atoms with E-state index < -0.39 is 8.07 Å². The SMILES string of the molecule is Cc1c(C=O)nn(COCC[Si](C)(C)C)c1C. The molecule has 1 aromatic rings. The van der Waals surface area contributed by atoms with Crippen molar-refractivity contribution in [1.29, 1.82) is 0 Å². The molecule has 1 rings (SSSR count). The van der Waals surface area contributed by atoms with E-state index in [1.54, 1.807) is 4.68 Å². The van der Waals surface area contributed by atoms with Crippen molar-refractivity contribution in [3.8, 4) is 0 Å². The second-order valence-electron chi connectivity index (χ2n) is 5.56. The molecule has 0 aromatic carbocycles. The minimum Gasteiger partial charge on any atom is -0.360 e. The summed E-state index contributed by atoms with van der Waals surface area (Å²) < 4.78 is 7.36. The highest BCUT2D eigenvalue weighted by Crippen LogP contribution is 2.11. The van der Waals surface area contributed by atoms with Gasteiger partial charge in [0.1, 0.15) is 12.4 Å². The summed E-state index contributed by atoms with van der Waals surface area (Å²) in [6, 6.07) is 1.15. The van der Waals surface area contributed by atoms with Gasteiger partial charge in [-0.05, 0) is 19.9 Å². The molecular formula is C12H22N2O2Si. The molecule has 0 fully saturated rings. The largest absolute Gasteiger partial charge is 0.360 e. The van der Waals surface area contributed by atoms with Gasteiger partial charge in [0.2, 0.25) is 0 Å². The van der Waals surface area contributed by atoms with E-state index in [-0.39, 0.29) is 0 Å². The zero-order valence-electron chi connectivity index (χ0n) is 11.4. The molecule has 0 bridgehead atoms. The van der Waals surface area contributed by atoms with E-state index in [0.29, 0.717) is 12.4 Å². The van der Waals surface area contributed by atoms with Gasteiger partial charge in [-0.1, -0.05) is 19.6 Å². The molecule has 0 saturated carbocycles. The van der Waals surface area contributed by atoms with Gasteiger partial charge in [-0.25, -0.2) is 4.68 Å². The second kappa shape index (κ2) is 5.60. The van der Waals surface area contributed by atoms with Crippen molar-refractivity contribution in [2.24, 2.45) is 0 Å². The van der Waals surface area contributed by atoms with Crippen LogP contribution >= 0.6 is 0 Å². The molecule has 0 N–H and O–H groups in total. The fourth-order valence-electron chi connectivity index (χ4n) is 1.43. The summed E-state index contributed by atoms with van der Waals surface area (Å²) in [6.45, 7) is 12.0. The molecule has 0 aliphatic carbocycles. The fourth-order valence-corrected chi connectivity index (χ4v) is 2.18. The zero-order chi connectivity index (χ0) is 13.1. The van der Waals surface area contributed by atoms with E-state index in [4.69, 9.17) is 4.74 Å². The van der Waals surface area contributed by atoms with Crippen molar-refractivity contribution in [1.82, 2.24) is 9.78 Å². The first-order chi connectivity index (χ1) is 7.85. The Morgan fingerprint density at radius 1 is 1.35 bits per heavy atom. The van der Waals surface area contributed by atoms with Crippen molar-refractivity contribution in [2.75, 3.05) is 6.61 Å². The third-order valence-electron chi connectivity index (χ3n) is 2.86. The van der Waals surface area contributed by atoms with Crippen LogP contribution in [0.25, 0.3) is 0 Å². The van der Waals surface area contributed by atoms with E-state index >= 15 is 0 Å². The molecule has 0 aliphatic heterocycles. The fraction of sp³-hybridized carbons (Fsp3) is 0.667. The molecule has 1 heterocycles. The summed E-state index contributed by atoms with van der Waals surface area (Å²) in [4.78, 5) is 10.7. The standard InChI is InChI=1S/C12H22N2O2Si/c1-10-11(2)14(13-12(10)8-15)9-16-6-7-17(3,4)5/h8H,6-7,9H2,1-5H3. The average Bonchev–Trinajstić information content (AvgIpc) is 2.50. The van der Waals surface area contributed by atoms with Crippen LogP contribution in [-0.2, 0) is 11.5 Å². The first-order valence-corrected chi connectivity index (χ1v) is 9.63. The number of hydrogen-bond acceptors (Lipinski definition) is 3. The van der Waals surface area contributed by atoms with Gasteiger partial charge in [-0.15, -0.1) is 0 Å². The Labute approximate surface area is 104 Å². The lowest BCUT2D eigenvalue weighted by molar-refractivity contribution is 0.0767. The second-order valence-corrected chi connectivity index (χ2v) is 11.2. The predicted molar refractivity (Wildman–Crippen MR) is 71.2 cm³/mol. The van der Waals surface area contributed by atoms with Gasteiger partial charge in [-0.3, -0.25) is 4.79 Å². The predicted octanol–water partition coefficient (Wildman–Crippen LogP) is 2.62. The van der Waals surface area contributed by atoms with Gasteiger partial charge >= 0.3 is 0 Å². The molecule has 1 aromatic heterocycles. The highest BCUT2D eigenvalue weighted by Gasteiger charge is 2.13. The lowest BCUT2D eigenvalue weighted by atomic mass is 10.2. The van der Waals surface area contributed by atoms with E-state index in [0.717, 1.165) is 30.2 Å². The number of rotatable bonds is 6. The van der Waals surface area contributed by atoms with Crippen LogP contribution < -0.4 is 0 Å². The van der Waals surface area contributed by atoms with Crippen LogP contribution in [0.5, 0.6) is 0 Å². The number of hydrogen-bond donors (Lipinski definition) is 0. The van der Waals surface area contributed by atoms with Crippen molar-refractivity contribution >= 4 is 14.4 Å². The van der Waals surface area contributed by atoms with E-state index in [1.165, 1.54) is 0 Å². The number of carbonyl (C=O) groups is 1. The molecule has 96 valence electrons. The zero-order valence-corrected chi connectivity index (χ0v) is 12.4. The minimum atomic E-state index is -1.03. The van der Waals surface area contributed by atoms with Crippen LogP contribution in [-0.4, -0.2) is 30.7 Å². The summed E-state index contributed by atoms with van der Waals surface area (Å²) in [5.41, 5.74) is 2.45. The van der Waals surface area contributed by atoms with Gasteiger partial charge in [0.05, 0.1) is 0 Å². The molecule has 4 nitrogen and oxygen atoms in total. The molecule has 0 aliphatic rings. The summed E-state index contributed by atoms with van der Waals surface area (Å²) in [5.74, 6) is 0. The maximum atomic E-state index is 10.7. The molecule has 0 unspecified atom stereocenters. The Hall–Kier alpha value is -0.943. The number of ether oxygens (including phenoxy) is 1. The summed E-state index contributed by atoms with van der Waals surface area (Å²) in [5, 5.41) is 4.20. The quantitative estimate of drug-likeness (QED) is 0.445. The van der Waals surface area contributed by atoms with Crippen molar-refractivity contribution in [3.63, 3.8) is 0 Å². The first kappa shape index (κ1) is 14.1. The maximum Gasteiger partial charge on any atom is 0.170 e. The van der Waals surface area contributed by atoms with Crippen molar-refractivity contribution in [2.45, 2.75) is 46.3 Å². The lowest BCUT2D eigenvalue weighted by Crippen LogP contribution is -2.22. The van der Waals surface area contributed by atoms with Crippen molar-refractivity contribution in [3.05, 3.63) is 17.0 Å². The normalized spacial score (nSPS) is 11.8. The van der Waals surface area contributed by atoms with Gasteiger partial charge in [-0.2, -0.15) is 5.10 Å². The molecule has 0 spiro atoms. The third kappa shape index (κ3) is 4.09. The van der Waals surface area contributed by atoms with E-state index in [2.05, 4.69) is 24.7 Å². The molecule has 17 heavy (non-hydrogen) atoms. The molecule has 5 heteroatoms. The molecule has 0 saturated heterocycles. The Balaban J connectivity index is 2.50. The highest BCUT2D eigenvalue weighted by atomic mass is 28.3. The van der Waals surface area contributed by atoms with Gasteiger partial charge in [0.25, 0.3) is 0 Å². The van der Waals surface area contributed by atoms with E-state index in [9.17, 15) is 4.79 Å². The van der Waals surface area contributed by atoms with Gasteiger partial charge < -0.3 is 4.74 Å². The summed E-state index contributed by atoms with van der Waals surface area (Å²) in [6.07, 6.45) is 0.793. The summed E-state index contributed by atoms with van der Waals surface area (Å²) in [7, 11) is -1.03. The Morgan fingerprint density at radius 2 is 2.00 bits per heavy atom. The van der Waals surface area contributed by atoms with Crippen LogP contribution in [0.2, 0.25) is 25.7 Å². The van der Waals surface area contributed by atoms with Crippen LogP contribution in [0.4, 0.5) is 0 Å². The first-order valence-electron chi connectivity index (χ1n) is 5.92. The minimum absolute atomic E-state index is 0.436. The maximum absolute atomic E-state index is 10.7. The third-order valence-corrected chi connectivity index (χ3v) is 4.57. The molecule has 0 radical (unpaired) electrons. The summed E-state index contributed by atoms with van der Waals surface area (Å²) >= 11 is 0. The van der Waals surface area contributed by atoms with Crippen molar-refractivity contribution < 1.29 is 9.53 Å². The van der Waals surface area contributed by atoms with Crippen LogP contribution in [0, 0.1) is 13.8 Å². The highest BCUT2D eigenvalue weighted by molar-refractivity contribution is 6.76. The van der Waals surface area contributed by atoms with E-state index in [1.807, 2.05) is 13.8 Å². The van der Waals surface area contributed by atoms with Crippen LogP contribution in [0.1, 0.15) is 21.7 Å². The average molecular weight is 254 g/mol. The topological polar surface area (TPSA) is 44.1 Å². The Morgan fingerprint density at radius 3 is 2.47 bits per heavy atom. The number of carbonyl (C=O) groups excluding carboxylic acids is 1. The molecule has 0 amide bonds. The van der Waals surface area contributed by atoms with Crippen LogP contribution in [0.3, 0.4) is 0 Å². The number of nitrogens with zero attached hydrogens (tertiary/aromatic N) is 2. The lowest BCUT2D eigenvalue weighted by Gasteiger charge is -2.15. The monoisotopic (exact) mass is 254 g/mol.